The molecule has 0 atom stereocenters. The van der Waals surface area contributed by atoms with Gasteiger partial charge in [0, 0.05) is 18.7 Å². The molecule has 0 radical (unpaired) electrons. The van der Waals surface area contributed by atoms with E-state index in [0.717, 1.165) is 37.2 Å². The molecule has 17 heavy (non-hydrogen) atoms. The Labute approximate surface area is 108 Å². The van der Waals surface area contributed by atoms with Crippen molar-refractivity contribution in [2.75, 3.05) is 19.8 Å². The van der Waals surface area contributed by atoms with Gasteiger partial charge in [0.25, 0.3) is 0 Å². The number of nitrogens with one attached hydrogen (secondary N) is 1. The van der Waals surface area contributed by atoms with E-state index >= 15 is 0 Å². The van der Waals surface area contributed by atoms with Crippen LogP contribution < -0.4 is 10.1 Å². The number of hydrogen-bond donors (Lipinski definition) is 2. The third kappa shape index (κ3) is 4.94. The number of para-hydroxylation sites is 1. The number of aliphatic hydroxyl groups is 1. The third-order valence-electron chi connectivity index (χ3n) is 2.41. The van der Waals surface area contributed by atoms with Crippen molar-refractivity contribution in [1.29, 1.82) is 0 Å². The molecule has 1 aromatic rings. The summed E-state index contributed by atoms with van der Waals surface area (Å²) in [5.74, 6) is 0.757. The van der Waals surface area contributed by atoms with Crippen molar-refractivity contribution in [3.8, 4) is 5.75 Å². The molecule has 2 N–H and O–H groups in total. The predicted molar refractivity (Wildman–Crippen MR) is 70.6 cm³/mol. The molecule has 0 fully saturated rings. The van der Waals surface area contributed by atoms with Crippen LogP contribution in [-0.2, 0) is 6.54 Å². The number of ether oxygens (including phenoxy) is 1. The molecule has 4 heteroatoms. The van der Waals surface area contributed by atoms with Crippen LogP contribution in [0.5, 0.6) is 5.75 Å². The van der Waals surface area contributed by atoms with Crippen molar-refractivity contribution < 1.29 is 9.84 Å². The Morgan fingerprint density at radius 3 is 2.88 bits per heavy atom. The minimum Gasteiger partial charge on any atom is -0.492 e. The second-order valence-corrected chi connectivity index (χ2v) is 4.19. The highest BCUT2D eigenvalue weighted by Gasteiger charge is 2.07. The van der Waals surface area contributed by atoms with E-state index in [9.17, 15) is 0 Å². The smallest absolute Gasteiger partial charge is 0.142 e. The average molecular weight is 258 g/mol. The minimum absolute atomic E-state index is 0.204. The lowest BCUT2D eigenvalue weighted by atomic mass is 10.2. The molecule has 0 saturated carbocycles. The molecule has 0 saturated heterocycles. The Morgan fingerprint density at radius 1 is 1.35 bits per heavy atom. The van der Waals surface area contributed by atoms with Crippen LogP contribution in [0.1, 0.15) is 25.3 Å². The number of unbranched alkanes of at least 4 members (excludes halogenated alkanes) is 1. The molecule has 1 rings (SSSR count). The van der Waals surface area contributed by atoms with Gasteiger partial charge in [-0.25, -0.2) is 0 Å². The van der Waals surface area contributed by atoms with E-state index in [4.69, 9.17) is 21.4 Å². The molecule has 0 heterocycles. The highest BCUT2D eigenvalue weighted by molar-refractivity contribution is 6.32. The molecule has 0 unspecified atom stereocenters. The summed E-state index contributed by atoms with van der Waals surface area (Å²) in [5, 5.41) is 12.6. The second kappa shape index (κ2) is 8.34. The lowest BCUT2D eigenvalue weighted by Crippen LogP contribution is -2.13. The SMILES string of the molecule is CCNCc1cccc(Cl)c1OCCCCO. The summed E-state index contributed by atoms with van der Waals surface area (Å²) in [6.07, 6.45) is 1.59. The van der Waals surface area contributed by atoms with Gasteiger partial charge in [0.1, 0.15) is 5.75 Å². The van der Waals surface area contributed by atoms with Gasteiger partial charge >= 0.3 is 0 Å². The first-order valence-electron chi connectivity index (χ1n) is 6.01. The summed E-state index contributed by atoms with van der Waals surface area (Å²) in [4.78, 5) is 0. The summed E-state index contributed by atoms with van der Waals surface area (Å²) in [7, 11) is 0. The van der Waals surface area contributed by atoms with E-state index in [1.54, 1.807) is 0 Å². The first-order valence-corrected chi connectivity index (χ1v) is 6.39. The largest absolute Gasteiger partial charge is 0.492 e. The van der Waals surface area contributed by atoms with Crippen molar-refractivity contribution >= 4 is 11.6 Å². The topological polar surface area (TPSA) is 41.5 Å². The first-order chi connectivity index (χ1) is 8.29. The standard InChI is InChI=1S/C13H20ClNO2/c1-2-15-10-11-6-5-7-12(14)13(11)17-9-4-3-8-16/h5-7,15-16H,2-4,8-10H2,1H3. The molecule has 0 aliphatic heterocycles. The fourth-order valence-corrected chi connectivity index (χ4v) is 1.75. The quantitative estimate of drug-likeness (QED) is 0.704. The molecule has 0 bridgehead atoms. The molecule has 3 nitrogen and oxygen atoms in total. The van der Waals surface area contributed by atoms with Crippen LogP contribution in [0.4, 0.5) is 0 Å². The fraction of sp³-hybridized carbons (Fsp3) is 0.538. The summed E-state index contributed by atoms with van der Waals surface area (Å²) in [6, 6.07) is 5.77. The van der Waals surface area contributed by atoms with Gasteiger partial charge in [-0.2, -0.15) is 0 Å². The number of aliphatic hydroxyl groups excluding tert-OH is 1. The van der Waals surface area contributed by atoms with Gasteiger partial charge in [0.2, 0.25) is 0 Å². The van der Waals surface area contributed by atoms with Crippen molar-refractivity contribution in [3.63, 3.8) is 0 Å². The summed E-state index contributed by atoms with van der Waals surface area (Å²) < 4.78 is 5.68. The van der Waals surface area contributed by atoms with Gasteiger partial charge < -0.3 is 15.2 Å². The van der Waals surface area contributed by atoms with Crippen LogP contribution in [0.15, 0.2) is 18.2 Å². The monoisotopic (exact) mass is 257 g/mol. The lowest BCUT2D eigenvalue weighted by molar-refractivity contribution is 0.252. The molecular formula is C13H20ClNO2. The molecule has 96 valence electrons. The predicted octanol–water partition coefficient (Wildman–Crippen LogP) is 2.60. The van der Waals surface area contributed by atoms with Crippen molar-refractivity contribution in [3.05, 3.63) is 28.8 Å². The number of benzene rings is 1. The van der Waals surface area contributed by atoms with E-state index in [0.29, 0.717) is 11.6 Å². The number of halogens is 1. The molecule has 0 aliphatic carbocycles. The Kier molecular flexibility index (Phi) is 7.01. The molecule has 0 aromatic heterocycles. The summed E-state index contributed by atoms with van der Waals surface area (Å²) in [5.41, 5.74) is 1.07. The van der Waals surface area contributed by atoms with Crippen LogP contribution in [0, 0.1) is 0 Å². The summed E-state index contributed by atoms with van der Waals surface area (Å²) in [6.45, 7) is 4.52. The van der Waals surface area contributed by atoms with Crippen LogP contribution >= 0.6 is 11.6 Å². The molecule has 0 spiro atoms. The van der Waals surface area contributed by atoms with E-state index in [1.165, 1.54) is 0 Å². The van der Waals surface area contributed by atoms with Crippen molar-refractivity contribution in [1.82, 2.24) is 5.32 Å². The van der Waals surface area contributed by atoms with Crippen LogP contribution in [-0.4, -0.2) is 24.9 Å². The lowest BCUT2D eigenvalue weighted by Gasteiger charge is -2.13. The van der Waals surface area contributed by atoms with Crippen molar-refractivity contribution in [2.45, 2.75) is 26.3 Å². The number of hydrogen-bond acceptors (Lipinski definition) is 3. The normalized spacial score (nSPS) is 10.5. The zero-order valence-electron chi connectivity index (χ0n) is 10.2. The van der Waals surface area contributed by atoms with E-state index < -0.39 is 0 Å². The van der Waals surface area contributed by atoms with Gasteiger partial charge in [-0.15, -0.1) is 0 Å². The number of rotatable bonds is 8. The van der Waals surface area contributed by atoms with Gasteiger partial charge in [-0.3, -0.25) is 0 Å². The van der Waals surface area contributed by atoms with Crippen LogP contribution in [0.25, 0.3) is 0 Å². The zero-order valence-corrected chi connectivity index (χ0v) is 11.0. The van der Waals surface area contributed by atoms with E-state index in [1.807, 2.05) is 18.2 Å². The maximum atomic E-state index is 8.70. The molecule has 0 aliphatic rings. The second-order valence-electron chi connectivity index (χ2n) is 3.79. The Bertz CT molecular complexity index is 331. The Morgan fingerprint density at radius 2 is 2.18 bits per heavy atom. The molecule has 1 aromatic carbocycles. The van der Waals surface area contributed by atoms with Gasteiger partial charge in [-0.1, -0.05) is 30.7 Å². The zero-order chi connectivity index (χ0) is 12.5. The van der Waals surface area contributed by atoms with Gasteiger partial charge in [0.05, 0.1) is 11.6 Å². The average Bonchev–Trinajstić information content (AvgIpc) is 2.34. The van der Waals surface area contributed by atoms with E-state index in [-0.39, 0.29) is 6.61 Å². The molecular weight excluding hydrogens is 238 g/mol. The van der Waals surface area contributed by atoms with Crippen LogP contribution in [0.2, 0.25) is 5.02 Å². The highest BCUT2D eigenvalue weighted by atomic mass is 35.5. The minimum atomic E-state index is 0.204. The Hall–Kier alpha value is -0.770. The highest BCUT2D eigenvalue weighted by Crippen LogP contribution is 2.28. The van der Waals surface area contributed by atoms with Gasteiger partial charge in [-0.05, 0) is 25.5 Å². The maximum Gasteiger partial charge on any atom is 0.142 e. The summed E-state index contributed by atoms with van der Waals surface area (Å²) >= 11 is 6.12. The maximum absolute atomic E-state index is 8.70. The molecule has 0 amide bonds. The third-order valence-corrected chi connectivity index (χ3v) is 2.71. The van der Waals surface area contributed by atoms with Crippen LogP contribution in [0.3, 0.4) is 0 Å². The van der Waals surface area contributed by atoms with Crippen molar-refractivity contribution in [2.24, 2.45) is 0 Å². The fourth-order valence-electron chi connectivity index (χ4n) is 1.50. The van der Waals surface area contributed by atoms with Gasteiger partial charge in [0.15, 0.2) is 0 Å². The first kappa shape index (κ1) is 14.3. The van der Waals surface area contributed by atoms with E-state index in [2.05, 4.69) is 12.2 Å². The Balaban J connectivity index is 2.60.